The minimum Gasteiger partial charge on any atom is -0.277 e. The molecule has 11 aromatic rings. The Morgan fingerprint density at radius 3 is 1.70 bits per heavy atom. The van der Waals surface area contributed by atoms with Crippen LogP contribution in [0, 0.1) is 0 Å². The van der Waals surface area contributed by atoms with Crippen LogP contribution in [-0.2, 0) is 0 Å². The van der Waals surface area contributed by atoms with Crippen molar-refractivity contribution in [2.45, 2.75) is 13.8 Å². The van der Waals surface area contributed by atoms with Gasteiger partial charge in [-0.25, -0.2) is 4.98 Å². The average Bonchev–Trinajstić information content (AvgIpc) is 3.83. The van der Waals surface area contributed by atoms with E-state index in [1.54, 1.807) is 0 Å². The molecular formula is C51H36N4S. The Bertz CT molecular complexity index is 3200. The lowest BCUT2D eigenvalue weighted by molar-refractivity contribution is 0.955. The number of hydrogen-bond donors (Lipinski definition) is 0. The third kappa shape index (κ3) is 5.64. The molecule has 4 nitrogen and oxygen atoms in total. The van der Waals surface area contributed by atoms with Gasteiger partial charge in [-0.2, -0.15) is 9.97 Å². The van der Waals surface area contributed by atoms with Gasteiger partial charge in [0.25, 0.3) is 0 Å². The number of nitrogens with zero attached hydrogens (tertiary/aromatic N) is 4. The Labute approximate surface area is 329 Å². The van der Waals surface area contributed by atoms with E-state index >= 15 is 0 Å². The van der Waals surface area contributed by atoms with Crippen molar-refractivity contribution in [1.29, 1.82) is 0 Å². The second-order valence-corrected chi connectivity index (χ2v) is 14.7. The predicted molar refractivity (Wildman–Crippen MR) is 238 cm³/mol. The highest BCUT2D eigenvalue weighted by atomic mass is 32.1. The molecule has 0 amide bonds. The van der Waals surface area contributed by atoms with E-state index in [4.69, 9.17) is 15.0 Å². The van der Waals surface area contributed by atoms with Crippen LogP contribution in [0.25, 0.3) is 104 Å². The molecule has 0 spiro atoms. The van der Waals surface area contributed by atoms with Crippen LogP contribution >= 0.6 is 11.3 Å². The molecular weight excluding hydrogens is 701 g/mol. The van der Waals surface area contributed by atoms with Crippen LogP contribution in [0.2, 0.25) is 0 Å². The lowest BCUT2D eigenvalue weighted by atomic mass is 9.99. The van der Waals surface area contributed by atoms with Gasteiger partial charge in [0.15, 0.2) is 11.6 Å². The fourth-order valence-corrected chi connectivity index (χ4v) is 8.99. The Morgan fingerprint density at radius 1 is 0.375 bits per heavy atom. The number of para-hydroxylation sites is 1. The molecule has 0 saturated carbocycles. The van der Waals surface area contributed by atoms with Crippen LogP contribution in [0.15, 0.2) is 182 Å². The molecule has 0 aliphatic heterocycles. The van der Waals surface area contributed by atoms with E-state index in [-0.39, 0.29) is 0 Å². The highest BCUT2D eigenvalue weighted by Gasteiger charge is 2.22. The molecule has 0 atom stereocenters. The highest BCUT2D eigenvalue weighted by Crippen LogP contribution is 2.43. The van der Waals surface area contributed by atoms with Crippen molar-refractivity contribution in [3.05, 3.63) is 182 Å². The summed E-state index contributed by atoms with van der Waals surface area (Å²) in [6.45, 7) is 4.00. The van der Waals surface area contributed by atoms with E-state index in [0.717, 1.165) is 60.4 Å². The third-order valence-corrected chi connectivity index (χ3v) is 11.6. The van der Waals surface area contributed by atoms with Gasteiger partial charge in [-0.05, 0) is 40.3 Å². The third-order valence-electron chi connectivity index (χ3n) is 10.5. The second kappa shape index (κ2) is 14.0. The van der Waals surface area contributed by atoms with Gasteiger partial charge in [0, 0.05) is 53.0 Å². The maximum Gasteiger partial charge on any atom is 0.238 e. The van der Waals surface area contributed by atoms with Gasteiger partial charge in [-0.15, -0.1) is 11.3 Å². The first kappa shape index (κ1) is 33.6. The van der Waals surface area contributed by atoms with Gasteiger partial charge in [0.05, 0.1) is 11.0 Å². The normalized spacial score (nSPS) is 11.4. The van der Waals surface area contributed by atoms with Crippen molar-refractivity contribution in [1.82, 2.24) is 19.5 Å². The summed E-state index contributed by atoms with van der Waals surface area (Å²) in [7, 11) is 0. The van der Waals surface area contributed by atoms with Gasteiger partial charge in [-0.1, -0.05) is 178 Å². The van der Waals surface area contributed by atoms with Crippen molar-refractivity contribution in [3.63, 3.8) is 0 Å². The first-order valence-electron chi connectivity index (χ1n) is 19.1. The van der Waals surface area contributed by atoms with E-state index in [1.807, 2.05) is 49.4 Å². The average molecular weight is 737 g/mol. The van der Waals surface area contributed by atoms with Crippen LogP contribution in [0.5, 0.6) is 0 Å². The standard InChI is InChI=1S/C49H30N4S.C2H6/c1-3-12-31(13-4-1)32-22-24-35(25-23-32)48-50-47(34-15-5-2-6-16-34)51-49(52-48)53-45-37-17-8-7-14-33(37)26-28-41(45)40-20-11-19-38(46(40)53)36-27-29-44-42(30-36)39-18-9-10-21-43(39)54-44;1-2/h1-30H;1-2H3. The fraction of sp³-hybridized carbons (Fsp3) is 0.0392. The number of rotatable bonds is 5. The van der Waals surface area contributed by atoms with Gasteiger partial charge >= 0.3 is 0 Å². The van der Waals surface area contributed by atoms with Crippen LogP contribution in [-0.4, -0.2) is 19.5 Å². The molecule has 0 aliphatic carbocycles. The molecule has 56 heavy (non-hydrogen) atoms. The maximum atomic E-state index is 5.34. The summed E-state index contributed by atoms with van der Waals surface area (Å²) in [5, 5.41) is 7.17. The zero-order valence-electron chi connectivity index (χ0n) is 31.0. The largest absolute Gasteiger partial charge is 0.277 e. The van der Waals surface area contributed by atoms with Gasteiger partial charge in [0.2, 0.25) is 5.95 Å². The zero-order chi connectivity index (χ0) is 37.6. The van der Waals surface area contributed by atoms with Crippen LogP contribution in [0.3, 0.4) is 0 Å². The van der Waals surface area contributed by atoms with Crippen molar-refractivity contribution in [3.8, 4) is 51.0 Å². The first-order valence-corrected chi connectivity index (χ1v) is 19.9. The van der Waals surface area contributed by atoms with Crippen molar-refractivity contribution in [2.24, 2.45) is 0 Å². The molecule has 3 heterocycles. The number of hydrogen-bond acceptors (Lipinski definition) is 4. The molecule has 0 unspecified atom stereocenters. The Morgan fingerprint density at radius 2 is 0.929 bits per heavy atom. The summed E-state index contributed by atoms with van der Waals surface area (Å²) in [5.41, 5.74) is 8.60. The number of benzene rings is 8. The zero-order valence-corrected chi connectivity index (χ0v) is 31.8. The molecule has 0 N–H and O–H groups in total. The Balaban J connectivity index is 0.00000189. The van der Waals surface area contributed by atoms with Crippen LogP contribution in [0.1, 0.15) is 13.8 Å². The van der Waals surface area contributed by atoms with Crippen molar-refractivity contribution in [2.75, 3.05) is 0 Å². The molecule has 8 aromatic carbocycles. The molecule has 3 aromatic heterocycles. The van der Waals surface area contributed by atoms with Crippen LogP contribution < -0.4 is 0 Å². The molecule has 0 radical (unpaired) electrons. The predicted octanol–water partition coefficient (Wildman–Crippen LogP) is 14.2. The maximum absolute atomic E-state index is 5.34. The second-order valence-electron chi connectivity index (χ2n) is 13.6. The summed E-state index contributed by atoms with van der Waals surface area (Å²) >= 11 is 1.84. The smallest absolute Gasteiger partial charge is 0.238 e. The van der Waals surface area contributed by atoms with Crippen molar-refractivity contribution < 1.29 is 0 Å². The number of thiophene rings is 1. The molecule has 0 aliphatic rings. The first-order chi connectivity index (χ1) is 27.8. The molecule has 0 saturated heterocycles. The highest BCUT2D eigenvalue weighted by molar-refractivity contribution is 7.25. The molecule has 266 valence electrons. The van der Waals surface area contributed by atoms with Gasteiger partial charge in [-0.3, -0.25) is 4.57 Å². The Kier molecular flexibility index (Phi) is 8.42. The number of aromatic nitrogens is 4. The summed E-state index contributed by atoms with van der Waals surface area (Å²) in [6, 6.07) is 64.4. The molecule has 0 fully saturated rings. The summed E-state index contributed by atoms with van der Waals surface area (Å²) in [6.07, 6.45) is 0. The minimum atomic E-state index is 0.580. The Hall–Kier alpha value is -6.95. The molecule has 11 rings (SSSR count). The van der Waals surface area contributed by atoms with Gasteiger partial charge < -0.3 is 0 Å². The van der Waals surface area contributed by atoms with E-state index < -0.39 is 0 Å². The van der Waals surface area contributed by atoms with E-state index in [1.165, 1.54) is 25.7 Å². The van der Waals surface area contributed by atoms with Gasteiger partial charge in [0.1, 0.15) is 0 Å². The molecule has 5 heteroatoms. The van der Waals surface area contributed by atoms with E-state index in [9.17, 15) is 0 Å². The minimum absolute atomic E-state index is 0.580. The SMILES string of the molecule is CC.c1ccc(-c2ccc(-c3nc(-c4ccccc4)nc(-n4c5c(-c6ccc7sc8ccccc8c7c6)cccc5c5ccc6ccccc6c54)n3)cc2)cc1. The summed E-state index contributed by atoms with van der Waals surface area (Å²) < 4.78 is 4.87. The molecule has 0 bridgehead atoms. The van der Waals surface area contributed by atoms with Crippen LogP contribution in [0.4, 0.5) is 0 Å². The monoisotopic (exact) mass is 736 g/mol. The topological polar surface area (TPSA) is 43.6 Å². The lowest BCUT2D eigenvalue weighted by Gasteiger charge is -2.14. The van der Waals surface area contributed by atoms with Crippen molar-refractivity contribution >= 4 is 64.1 Å². The quantitative estimate of drug-likeness (QED) is 0.177. The van der Waals surface area contributed by atoms with E-state index in [2.05, 4.69) is 162 Å². The summed E-state index contributed by atoms with van der Waals surface area (Å²) in [4.78, 5) is 15.8. The number of fused-ring (bicyclic) bond motifs is 8. The summed E-state index contributed by atoms with van der Waals surface area (Å²) in [5.74, 6) is 1.83. The lowest BCUT2D eigenvalue weighted by Crippen LogP contribution is -2.07. The van der Waals surface area contributed by atoms with E-state index in [0.29, 0.717) is 17.6 Å². The fourth-order valence-electron chi connectivity index (χ4n) is 7.91.